The van der Waals surface area contributed by atoms with Gasteiger partial charge in [-0.2, -0.15) is 5.10 Å². The second kappa shape index (κ2) is 7.74. The van der Waals surface area contributed by atoms with E-state index in [4.69, 9.17) is 4.42 Å². The minimum Gasteiger partial charge on any atom is -0.418 e. The molecule has 2 aromatic carbocycles. The van der Waals surface area contributed by atoms with Gasteiger partial charge in [-0.15, -0.1) is 10.2 Å². The van der Waals surface area contributed by atoms with Crippen molar-refractivity contribution < 1.29 is 9.21 Å². The first-order valence-electron chi connectivity index (χ1n) is 10.3. The Bertz CT molecular complexity index is 1180. The van der Waals surface area contributed by atoms with Crippen LogP contribution in [0, 0.1) is 0 Å². The summed E-state index contributed by atoms with van der Waals surface area (Å²) >= 11 is 0. The average Bonchev–Trinajstić information content (AvgIpc) is 3.32. The smallest absolute Gasteiger partial charge is 0.275 e. The molecule has 1 aliphatic rings. The zero-order valence-electron chi connectivity index (χ0n) is 16.9. The molecule has 0 spiro atoms. The van der Waals surface area contributed by atoms with Crippen LogP contribution < -0.4 is 0 Å². The van der Waals surface area contributed by atoms with Crippen LogP contribution in [0.3, 0.4) is 0 Å². The fraction of sp³-hybridized carbons (Fsp3) is 0.304. The zero-order valence-corrected chi connectivity index (χ0v) is 16.9. The molecule has 1 aliphatic heterocycles. The molecular formula is C23H23N5O2. The first-order chi connectivity index (χ1) is 14.7. The molecule has 0 N–H and O–H groups in total. The molecule has 0 bridgehead atoms. The van der Waals surface area contributed by atoms with Gasteiger partial charge >= 0.3 is 0 Å². The van der Waals surface area contributed by atoms with Gasteiger partial charge in [0.15, 0.2) is 5.69 Å². The Hall–Kier alpha value is -3.48. The number of hydrogen-bond donors (Lipinski definition) is 0. The summed E-state index contributed by atoms with van der Waals surface area (Å²) in [5.74, 6) is 0.882. The molecule has 7 nitrogen and oxygen atoms in total. The number of nitrogens with zero attached hydrogens (tertiary/aromatic N) is 5. The third kappa shape index (κ3) is 3.26. The summed E-state index contributed by atoms with van der Waals surface area (Å²) in [6, 6.07) is 17.3. The lowest BCUT2D eigenvalue weighted by Crippen LogP contribution is -2.35. The van der Waals surface area contributed by atoms with Gasteiger partial charge < -0.3 is 9.32 Å². The van der Waals surface area contributed by atoms with E-state index in [0.717, 1.165) is 42.1 Å². The van der Waals surface area contributed by atoms with Crippen LogP contribution in [0.4, 0.5) is 0 Å². The summed E-state index contributed by atoms with van der Waals surface area (Å²) in [4.78, 5) is 15.5. The summed E-state index contributed by atoms with van der Waals surface area (Å²) < 4.78 is 7.79. The van der Waals surface area contributed by atoms with Crippen LogP contribution in [0.1, 0.15) is 48.1 Å². The molecule has 1 atom stereocenters. The maximum atomic E-state index is 13.6. The van der Waals surface area contributed by atoms with E-state index in [-0.39, 0.29) is 11.9 Å². The molecule has 1 amide bonds. The number of aromatic nitrogens is 4. The highest BCUT2D eigenvalue weighted by Gasteiger charge is 2.33. The molecule has 0 radical (unpaired) electrons. The normalized spacial score (nSPS) is 17.2. The van der Waals surface area contributed by atoms with Crippen molar-refractivity contribution in [1.29, 1.82) is 0 Å². The Kier molecular flexibility index (Phi) is 4.78. The molecule has 1 fully saturated rings. The third-order valence-corrected chi connectivity index (χ3v) is 5.72. The van der Waals surface area contributed by atoms with Crippen LogP contribution in [0.25, 0.3) is 22.4 Å². The summed E-state index contributed by atoms with van der Waals surface area (Å²) in [6.45, 7) is 0.650. The lowest BCUT2D eigenvalue weighted by Gasteiger charge is -2.26. The van der Waals surface area contributed by atoms with Crippen LogP contribution in [-0.4, -0.2) is 37.3 Å². The minimum absolute atomic E-state index is 0.0850. The predicted molar refractivity (Wildman–Crippen MR) is 113 cm³/mol. The van der Waals surface area contributed by atoms with E-state index in [1.807, 2.05) is 66.5 Å². The minimum atomic E-state index is -0.245. The van der Waals surface area contributed by atoms with Crippen LogP contribution in [0.2, 0.25) is 0 Å². The van der Waals surface area contributed by atoms with Crippen molar-refractivity contribution in [2.45, 2.75) is 31.7 Å². The van der Waals surface area contributed by atoms with Gasteiger partial charge in [-0.05, 0) is 31.0 Å². The van der Waals surface area contributed by atoms with E-state index >= 15 is 0 Å². The maximum Gasteiger partial charge on any atom is 0.275 e. The highest BCUT2D eigenvalue weighted by atomic mass is 16.4. The largest absolute Gasteiger partial charge is 0.418 e. The van der Waals surface area contributed by atoms with Crippen molar-refractivity contribution >= 4 is 16.8 Å². The topological polar surface area (TPSA) is 77.1 Å². The van der Waals surface area contributed by atoms with Crippen LogP contribution >= 0.6 is 0 Å². The van der Waals surface area contributed by atoms with E-state index in [1.54, 1.807) is 4.68 Å². The van der Waals surface area contributed by atoms with Crippen molar-refractivity contribution in [1.82, 2.24) is 24.9 Å². The van der Waals surface area contributed by atoms with Gasteiger partial charge in [0.05, 0.1) is 5.52 Å². The molecule has 1 saturated heterocycles. The van der Waals surface area contributed by atoms with Crippen molar-refractivity contribution in [2.24, 2.45) is 7.05 Å². The number of para-hydroxylation sites is 1. The van der Waals surface area contributed by atoms with Gasteiger partial charge in [0.2, 0.25) is 11.8 Å². The zero-order chi connectivity index (χ0) is 20.5. The monoisotopic (exact) mass is 401 g/mol. The Labute approximate surface area is 174 Å². The van der Waals surface area contributed by atoms with Gasteiger partial charge in [-0.25, -0.2) is 0 Å². The molecular weight excluding hydrogens is 378 g/mol. The van der Waals surface area contributed by atoms with E-state index in [0.29, 0.717) is 24.0 Å². The number of fused-ring (bicyclic) bond motifs is 1. The molecule has 5 rings (SSSR count). The van der Waals surface area contributed by atoms with Crippen LogP contribution in [0.5, 0.6) is 0 Å². The average molecular weight is 401 g/mol. The number of likely N-dealkylation sites (tertiary alicyclic amines) is 1. The standard InChI is InChI=1S/C23H23N5O2/c1-27-18-13-8-7-12-17(18)20(26-27)23(29)28-15-9-3-6-14-19(28)22-25-24-21(30-22)16-10-4-2-5-11-16/h2,4-5,7-8,10-13,19H,3,6,9,14-15H2,1H3. The summed E-state index contributed by atoms with van der Waals surface area (Å²) in [5.41, 5.74) is 2.29. The van der Waals surface area contributed by atoms with E-state index in [9.17, 15) is 4.79 Å². The van der Waals surface area contributed by atoms with Gasteiger partial charge in [0, 0.05) is 24.5 Å². The quantitative estimate of drug-likeness (QED) is 0.509. The SMILES string of the molecule is Cn1nc(C(=O)N2CCCCCC2c2nnc(-c3ccccc3)o2)c2ccccc21. The number of aryl methyl sites for hydroxylation is 1. The van der Waals surface area contributed by atoms with E-state index < -0.39 is 0 Å². The third-order valence-electron chi connectivity index (χ3n) is 5.72. The van der Waals surface area contributed by atoms with Crippen molar-refractivity contribution in [3.63, 3.8) is 0 Å². The van der Waals surface area contributed by atoms with Gasteiger partial charge in [0.1, 0.15) is 6.04 Å². The number of hydrogen-bond acceptors (Lipinski definition) is 5. The van der Waals surface area contributed by atoms with Gasteiger partial charge in [-0.3, -0.25) is 9.48 Å². The summed E-state index contributed by atoms with van der Waals surface area (Å²) in [7, 11) is 1.86. The fourth-order valence-corrected chi connectivity index (χ4v) is 4.18. The van der Waals surface area contributed by atoms with Crippen molar-refractivity contribution in [3.8, 4) is 11.5 Å². The second-order valence-electron chi connectivity index (χ2n) is 7.66. The summed E-state index contributed by atoms with van der Waals surface area (Å²) in [5, 5.41) is 14.0. The number of carbonyl (C=O) groups excluding carboxylic acids is 1. The molecule has 2 aromatic heterocycles. The first kappa shape index (κ1) is 18.5. The number of carbonyl (C=O) groups is 1. The lowest BCUT2D eigenvalue weighted by atomic mass is 10.1. The van der Waals surface area contributed by atoms with Gasteiger partial charge in [0.25, 0.3) is 5.91 Å². The lowest BCUT2D eigenvalue weighted by molar-refractivity contribution is 0.0648. The molecule has 0 aliphatic carbocycles. The highest BCUT2D eigenvalue weighted by molar-refractivity contribution is 6.05. The molecule has 152 valence electrons. The molecule has 7 heteroatoms. The van der Waals surface area contributed by atoms with Crippen molar-refractivity contribution in [3.05, 3.63) is 66.2 Å². The highest BCUT2D eigenvalue weighted by Crippen LogP contribution is 2.33. The fourth-order valence-electron chi connectivity index (χ4n) is 4.18. The Morgan fingerprint density at radius 3 is 2.67 bits per heavy atom. The molecule has 3 heterocycles. The van der Waals surface area contributed by atoms with E-state index in [1.165, 1.54) is 0 Å². The van der Waals surface area contributed by atoms with Crippen LogP contribution in [0.15, 0.2) is 59.0 Å². The predicted octanol–water partition coefficient (Wildman–Crippen LogP) is 4.38. The first-order valence-corrected chi connectivity index (χ1v) is 10.3. The summed E-state index contributed by atoms with van der Waals surface area (Å²) in [6.07, 6.45) is 3.84. The van der Waals surface area contributed by atoms with Crippen molar-refractivity contribution in [2.75, 3.05) is 6.54 Å². The maximum absolute atomic E-state index is 13.6. The number of benzene rings is 2. The molecule has 1 unspecified atom stereocenters. The molecule has 4 aromatic rings. The Balaban J connectivity index is 1.51. The molecule has 0 saturated carbocycles. The number of amides is 1. The Morgan fingerprint density at radius 1 is 1.00 bits per heavy atom. The van der Waals surface area contributed by atoms with E-state index in [2.05, 4.69) is 15.3 Å². The van der Waals surface area contributed by atoms with Crippen LogP contribution in [-0.2, 0) is 7.05 Å². The second-order valence-corrected chi connectivity index (χ2v) is 7.66. The Morgan fingerprint density at radius 2 is 1.80 bits per heavy atom. The number of rotatable bonds is 3. The molecule has 30 heavy (non-hydrogen) atoms. The van der Waals surface area contributed by atoms with Gasteiger partial charge in [-0.1, -0.05) is 49.2 Å².